The second kappa shape index (κ2) is 8.39. The zero-order valence-electron chi connectivity index (χ0n) is 16.1. The molecule has 3 aromatic rings. The van der Waals surface area contributed by atoms with E-state index in [1.165, 1.54) is 36.4 Å². The summed E-state index contributed by atoms with van der Waals surface area (Å²) in [5, 5.41) is 7.58. The molecule has 0 aromatic heterocycles. The largest absolute Gasteiger partial charge is 0.294 e. The lowest BCUT2D eigenvalue weighted by Crippen LogP contribution is -2.48. The highest BCUT2D eigenvalue weighted by Gasteiger charge is 2.08. The lowest BCUT2D eigenvalue weighted by Gasteiger charge is -2.05. The smallest absolute Gasteiger partial charge is 0.287 e. The van der Waals surface area contributed by atoms with Crippen LogP contribution in [-0.2, 0) is 10.1 Å². The van der Waals surface area contributed by atoms with Gasteiger partial charge < -0.3 is 0 Å². The molecule has 9 nitrogen and oxygen atoms in total. The van der Waals surface area contributed by atoms with Crippen LogP contribution in [0.3, 0.4) is 0 Å². The number of anilines is 2. The van der Waals surface area contributed by atoms with Crippen molar-refractivity contribution in [1.82, 2.24) is 0 Å². The Morgan fingerprint density at radius 1 is 0.867 bits per heavy atom. The van der Waals surface area contributed by atoms with Crippen LogP contribution < -0.4 is 32.4 Å². The van der Waals surface area contributed by atoms with E-state index >= 15 is 0 Å². The van der Waals surface area contributed by atoms with E-state index in [4.69, 9.17) is 4.55 Å². The average molecular weight is 426 g/mol. The number of nitrogens with zero attached hydrogens (tertiary/aromatic N) is 2. The summed E-state index contributed by atoms with van der Waals surface area (Å²) in [4.78, 5) is 24.4. The van der Waals surface area contributed by atoms with Crippen LogP contribution >= 0.6 is 0 Å². The summed E-state index contributed by atoms with van der Waals surface area (Å²) in [5.74, 6) is 0. The van der Waals surface area contributed by atoms with E-state index in [1.54, 1.807) is 0 Å². The molecule has 0 atom stereocenters. The summed E-state index contributed by atoms with van der Waals surface area (Å²) in [6, 6.07) is 13.2. The monoisotopic (exact) mass is 426 g/mol. The number of hydrogen-bond acceptors (Lipinski definition) is 8. The van der Waals surface area contributed by atoms with Crippen molar-refractivity contribution in [3.05, 3.63) is 96.9 Å². The molecule has 10 heteroatoms. The maximum Gasteiger partial charge on any atom is 0.294 e. The van der Waals surface area contributed by atoms with Gasteiger partial charge in [-0.25, -0.2) is 0 Å². The van der Waals surface area contributed by atoms with Crippen molar-refractivity contribution in [3.8, 4) is 0 Å². The number of rotatable bonds is 5. The summed E-state index contributed by atoms with van der Waals surface area (Å²) < 4.78 is 31.1. The first-order chi connectivity index (χ1) is 14.1. The molecule has 0 unspecified atom stereocenters. The van der Waals surface area contributed by atoms with Crippen molar-refractivity contribution < 1.29 is 13.0 Å². The van der Waals surface area contributed by atoms with Crippen molar-refractivity contribution in [1.29, 1.82) is 0 Å². The van der Waals surface area contributed by atoms with Crippen molar-refractivity contribution in [2.24, 2.45) is 10.2 Å². The molecule has 0 fully saturated rings. The molecule has 0 bridgehead atoms. The lowest BCUT2D eigenvalue weighted by molar-refractivity contribution is 0.483. The number of hydrogen-bond donors (Lipinski definition) is 3. The highest BCUT2D eigenvalue weighted by Crippen LogP contribution is 2.15. The van der Waals surface area contributed by atoms with Crippen molar-refractivity contribution in [2.75, 3.05) is 10.9 Å². The van der Waals surface area contributed by atoms with Crippen LogP contribution in [0.15, 0.2) is 79.3 Å². The van der Waals surface area contributed by atoms with Gasteiger partial charge in [-0.1, -0.05) is 12.1 Å². The van der Waals surface area contributed by atoms with Gasteiger partial charge in [-0.15, -0.1) is 0 Å². The lowest BCUT2D eigenvalue weighted by atomic mass is 10.1. The second-order valence-corrected chi connectivity index (χ2v) is 7.95. The third-order valence-electron chi connectivity index (χ3n) is 4.21. The quantitative estimate of drug-likeness (QED) is 0.409. The summed E-state index contributed by atoms with van der Waals surface area (Å²) in [7, 11) is -4.30. The third-order valence-corrected chi connectivity index (χ3v) is 5.08. The van der Waals surface area contributed by atoms with Gasteiger partial charge in [0.05, 0.1) is 16.3 Å². The maximum atomic E-state index is 12.6. The molecule has 3 aromatic carbocycles. The standard InChI is InChI=1S/C20H18N4O5S/c1-12-3-4-13(2)17(11-12)23-24-19-18(25)10-9-16(20(19)26)22-21-14-5-7-15(8-6-14)30(27,28)29/h3-11,21,23H,1-2H3,(H,27,28,29). The molecular weight excluding hydrogens is 408 g/mol. The molecule has 30 heavy (non-hydrogen) atoms. The van der Waals surface area contributed by atoms with Crippen LogP contribution in [0.2, 0.25) is 0 Å². The van der Waals surface area contributed by atoms with Gasteiger partial charge in [-0.2, -0.15) is 18.6 Å². The molecule has 0 spiro atoms. The van der Waals surface area contributed by atoms with E-state index in [0.29, 0.717) is 11.4 Å². The van der Waals surface area contributed by atoms with Crippen molar-refractivity contribution in [3.63, 3.8) is 0 Å². The predicted octanol–water partition coefficient (Wildman–Crippen LogP) is 1.00. The van der Waals surface area contributed by atoms with Crippen LogP contribution in [-0.4, -0.2) is 13.0 Å². The molecule has 0 aliphatic carbocycles. The van der Waals surface area contributed by atoms with Gasteiger partial charge in [0.2, 0.25) is 10.9 Å². The molecule has 154 valence electrons. The van der Waals surface area contributed by atoms with Crippen LogP contribution in [0.1, 0.15) is 11.1 Å². The van der Waals surface area contributed by atoms with E-state index in [2.05, 4.69) is 21.1 Å². The Morgan fingerprint density at radius 2 is 1.57 bits per heavy atom. The molecule has 3 rings (SSSR count). The minimum atomic E-state index is -4.30. The Hall–Kier alpha value is -3.63. The zero-order chi connectivity index (χ0) is 21.9. The van der Waals surface area contributed by atoms with Gasteiger partial charge >= 0.3 is 0 Å². The van der Waals surface area contributed by atoms with Crippen LogP contribution in [0.5, 0.6) is 0 Å². The van der Waals surface area contributed by atoms with Gasteiger partial charge in [-0.3, -0.25) is 25.0 Å². The van der Waals surface area contributed by atoms with Gasteiger partial charge in [0.15, 0.2) is 5.36 Å². The molecule has 0 amide bonds. The van der Waals surface area contributed by atoms with Gasteiger partial charge in [0.1, 0.15) is 5.36 Å². The Kier molecular flexibility index (Phi) is 5.90. The Bertz CT molecular complexity index is 1420. The minimum absolute atomic E-state index is 0.0463. The topological polar surface area (TPSA) is 137 Å². The van der Waals surface area contributed by atoms with E-state index in [1.807, 2.05) is 32.0 Å². The molecule has 3 N–H and O–H groups in total. The fourth-order valence-corrected chi connectivity index (χ4v) is 3.02. The zero-order valence-corrected chi connectivity index (χ0v) is 16.9. The first-order valence-corrected chi connectivity index (χ1v) is 10.2. The maximum absolute atomic E-state index is 12.6. The number of nitrogens with one attached hydrogen (secondary N) is 2. The van der Waals surface area contributed by atoms with Gasteiger partial charge in [-0.05, 0) is 67.4 Å². The van der Waals surface area contributed by atoms with Crippen LogP contribution in [0, 0.1) is 13.8 Å². The first-order valence-electron chi connectivity index (χ1n) is 8.74. The van der Waals surface area contributed by atoms with Crippen molar-refractivity contribution >= 4 is 21.5 Å². The van der Waals surface area contributed by atoms with Gasteiger partial charge in [0, 0.05) is 0 Å². The predicted molar refractivity (Wildman–Crippen MR) is 112 cm³/mol. The summed E-state index contributed by atoms with van der Waals surface area (Å²) in [6.45, 7) is 3.78. The molecule has 0 aliphatic rings. The Morgan fingerprint density at radius 3 is 2.23 bits per heavy atom. The Labute approximate surface area is 171 Å². The minimum Gasteiger partial charge on any atom is -0.287 e. The number of aryl methyl sites for hydroxylation is 2. The molecule has 0 saturated heterocycles. The summed E-state index contributed by atoms with van der Waals surface area (Å²) in [5.41, 5.74) is 7.09. The fourth-order valence-electron chi connectivity index (χ4n) is 2.53. The molecule has 0 aliphatic heterocycles. The van der Waals surface area contributed by atoms with E-state index in [0.717, 1.165) is 11.1 Å². The summed E-state index contributed by atoms with van der Waals surface area (Å²) >= 11 is 0. The van der Waals surface area contributed by atoms with E-state index in [9.17, 15) is 18.0 Å². The molecule has 0 heterocycles. The first kappa shape index (κ1) is 21.1. The molecular formula is C20H18N4O5S. The molecule has 0 saturated carbocycles. The highest BCUT2D eigenvalue weighted by atomic mass is 32.2. The van der Waals surface area contributed by atoms with Gasteiger partial charge in [0.25, 0.3) is 10.1 Å². The average Bonchev–Trinajstić information content (AvgIpc) is 2.69. The summed E-state index contributed by atoms with van der Waals surface area (Å²) in [6.07, 6.45) is 0. The Balaban J connectivity index is 1.93. The van der Waals surface area contributed by atoms with Crippen LogP contribution in [0.4, 0.5) is 11.4 Å². The normalized spacial score (nSPS) is 12.8. The highest BCUT2D eigenvalue weighted by molar-refractivity contribution is 7.85. The van der Waals surface area contributed by atoms with E-state index < -0.39 is 21.0 Å². The SMILES string of the molecule is Cc1ccc(C)c(NN=c2c(=O)ccc(=NNc3ccc(S(=O)(=O)O)cc3)c2=O)c1. The fraction of sp³-hybridized carbons (Fsp3) is 0.100. The van der Waals surface area contributed by atoms with E-state index in [-0.39, 0.29) is 15.6 Å². The third kappa shape index (κ3) is 4.85. The number of benzene rings is 3. The van der Waals surface area contributed by atoms with Crippen LogP contribution in [0.25, 0.3) is 0 Å². The van der Waals surface area contributed by atoms with Crippen molar-refractivity contribution in [2.45, 2.75) is 18.7 Å². The molecule has 0 radical (unpaired) electrons. The second-order valence-electron chi connectivity index (χ2n) is 6.53.